The van der Waals surface area contributed by atoms with Gasteiger partial charge >= 0.3 is 0 Å². The standard InChI is InChI=1S/C15H24N2O3.ClH/c1-10(2)15(3,9-16)17-14(18)11-6-7-12(19-4)13(8-11)20-5;/h6-8,10H,9,16H2,1-5H3,(H,17,18);1H. The number of carbonyl (C=O) groups excluding carboxylic acids is 1. The number of carbonyl (C=O) groups is 1. The summed E-state index contributed by atoms with van der Waals surface area (Å²) in [5.74, 6) is 1.18. The maximum Gasteiger partial charge on any atom is 0.251 e. The van der Waals surface area contributed by atoms with Crippen molar-refractivity contribution in [2.24, 2.45) is 11.7 Å². The molecule has 0 aliphatic heterocycles. The Bertz CT molecular complexity index is 480. The number of benzene rings is 1. The topological polar surface area (TPSA) is 73.6 Å². The molecule has 0 aliphatic rings. The molecule has 1 rings (SSSR count). The van der Waals surface area contributed by atoms with Gasteiger partial charge in [-0.05, 0) is 31.0 Å². The van der Waals surface area contributed by atoms with Crippen molar-refractivity contribution in [2.75, 3.05) is 20.8 Å². The van der Waals surface area contributed by atoms with E-state index in [1.54, 1.807) is 25.3 Å². The molecular weight excluding hydrogens is 292 g/mol. The Hall–Kier alpha value is -1.46. The van der Waals surface area contributed by atoms with Crippen LogP contribution in [0, 0.1) is 5.92 Å². The van der Waals surface area contributed by atoms with Crippen LogP contribution in [0.4, 0.5) is 0 Å². The minimum absolute atomic E-state index is 0. The Morgan fingerprint density at radius 3 is 2.29 bits per heavy atom. The van der Waals surface area contributed by atoms with Crippen LogP contribution in [-0.4, -0.2) is 32.2 Å². The SMILES string of the molecule is COc1ccc(C(=O)NC(C)(CN)C(C)C)cc1OC.Cl. The van der Waals surface area contributed by atoms with Crippen molar-refractivity contribution in [2.45, 2.75) is 26.3 Å². The van der Waals surface area contributed by atoms with Crippen LogP contribution in [0.2, 0.25) is 0 Å². The van der Waals surface area contributed by atoms with E-state index in [-0.39, 0.29) is 24.2 Å². The molecule has 0 radical (unpaired) electrons. The van der Waals surface area contributed by atoms with Gasteiger partial charge in [-0.1, -0.05) is 13.8 Å². The third-order valence-corrected chi connectivity index (χ3v) is 3.74. The predicted molar refractivity (Wildman–Crippen MR) is 86.6 cm³/mol. The first-order valence-corrected chi connectivity index (χ1v) is 6.62. The van der Waals surface area contributed by atoms with Crippen molar-refractivity contribution in [3.63, 3.8) is 0 Å². The maximum absolute atomic E-state index is 12.3. The van der Waals surface area contributed by atoms with Gasteiger partial charge in [-0.15, -0.1) is 12.4 Å². The van der Waals surface area contributed by atoms with Crippen LogP contribution in [0.25, 0.3) is 0 Å². The lowest BCUT2D eigenvalue weighted by Gasteiger charge is -2.33. The van der Waals surface area contributed by atoms with Crippen molar-refractivity contribution < 1.29 is 14.3 Å². The molecule has 0 saturated heterocycles. The zero-order valence-electron chi connectivity index (χ0n) is 13.2. The van der Waals surface area contributed by atoms with Gasteiger partial charge in [0, 0.05) is 12.1 Å². The van der Waals surface area contributed by atoms with Gasteiger partial charge in [-0.2, -0.15) is 0 Å². The van der Waals surface area contributed by atoms with Crippen LogP contribution >= 0.6 is 12.4 Å². The minimum atomic E-state index is -0.440. The van der Waals surface area contributed by atoms with Gasteiger partial charge in [0.05, 0.1) is 19.8 Å². The number of rotatable bonds is 6. The van der Waals surface area contributed by atoms with Crippen LogP contribution in [0.3, 0.4) is 0 Å². The predicted octanol–water partition coefficient (Wildman–Crippen LogP) is 2.23. The molecule has 1 amide bonds. The van der Waals surface area contributed by atoms with E-state index < -0.39 is 5.54 Å². The van der Waals surface area contributed by atoms with Gasteiger partial charge in [-0.25, -0.2) is 0 Å². The average molecular weight is 317 g/mol. The molecule has 0 aliphatic carbocycles. The number of halogens is 1. The normalized spacial score (nSPS) is 13.1. The van der Waals surface area contributed by atoms with E-state index in [4.69, 9.17) is 15.2 Å². The second-order valence-corrected chi connectivity index (χ2v) is 5.30. The fourth-order valence-electron chi connectivity index (χ4n) is 1.74. The first kappa shape index (κ1) is 19.5. The molecule has 6 heteroatoms. The molecule has 0 aromatic heterocycles. The van der Waals surface area contributed by atoms with Crippen molar-refractivity contribution in [1.29, 1.82) is 0 Å². The van der Waals surface area contributed by atoms with E-state index >= 15 is 0 Å². The summed E-state index contributed by atoms with van der Waals surface area (Å²) in [4.78, 5) is 12.3. The van der Waals surface area contributed by atoms with Gasteiger partial charge in [0.1, 0.15) is 0 Å². The summed E-state index contributed by atoms with van der Waals surface area (Å²) in [6.07, 6.45) is 0. The van der Waals surface area contributed by atoms with E-state index in [1.807, 2.05) is 20.8 Å². The fraction of sp³-hybridized carbons (Fsp3) is 0.533. The van der Waals surface area contributed by atoms with Gasteiger partial charge in [0.15, 0.2) is 11.5 Å². The average Bonchev–Trinajstić information content (AvgIpc) is 2.45. The Balaban J connectivity index is 0.00000400. The highest BCUT2D eigenvalue weighted by Crippen LogP contribution is 2.28. The number of methoxy groups -OCH3 is 2. The molecule has 1 unspecified atom stereocenters. The zero-order chi connectivity index (χ0) is 15.3. The minimum Gasteiger partial charge on any atom is -0.493 e. The van der Waals surface area contributed by atoms with E-state index in [1.165, 1.54) is 7.11 Å². The van der Waals surface area contributed by atoms with Crippen LogP contribution in [0.1, 0.15) is 31.1 Å². The van der Waals surface area contributed by atoms with E-state index in [0.717, 1.165) is 0 Å². The number of nitrogens with one attached hydrogen (secondary N) is 1. The summed E-state index contributed by atoms with van der Waals surface area (Å²) in [7, 11) is 3.10. The third-order valence-electron chi connectivity index (χ3n) is 3.74. The van der Waals surface area contributed by atoms with Crippen molar-refractivity contribution in [1.82, 2.24) is 5.32 Å². The fourth-order valence-corrected chi connectivity index (χ4v) is 1.74. The Labute approximate surface area is 132 Å². The molecule has 120 valence electrons. The van der Waals surface area contributed by atoms with Gasteiger partial charge in [0.2, 0.25) is 0 Å². The maximum atomic E-state index is 12.3. The number of hydrogen-bond donors (Lipinski definition) is 2. The lowest BCUT2D eigenvalue weighted by Crippen LogP contribution is -2.55. The molecule has 0 spiro atoms. The Morgan fingerprint density at radius 2 is 1.86 bits per heavy atom. The van der Waals surface area contributed by atoms with Crippen LogP contribution in [0.15, 0.2) is 18.2 Å². The summed E-state index contributed by atoms with van der Waals surface area (Å²) < 4.78 is 10.4. The molecule has 21 heavy (non-hydrogen) atoms. The highest BCUT2D eigenvalue weighted by atomic mass is 35.5. The highest BCUT2D eigenvalue weighted by Gasteiger charge is 2.29. The van der Waals surface area contributed by atoms with Gasteiger partial charge < -0.3 is 20.5 Å². The first-order valence-electron chi connectivity index (χ1n) is 6.62. The molecule has 0 saturated carbocycles. The molecule has 1 aromatic carbocycles. The quantitative estimate of drug-likeness (QED) is 0.844. The monoisotopic (exact) mass is 316 g/mol. The smallest absolute Gasteiger partial charge is 0.251 e. The van der Waals surface area contributed by atoms with Crippen LogP contribution in [-0.2, 0) is 0 Å². The third kappa shape index (κ3) is 4.51. The molecule has 5 nitrogen and oxygen atoms in total. The van der Waals surface area contributed by atoms with Gasteiger partial charge in [-0.3, -0.25) is 4.79 Å². The summed E-state index contributed by atoms with van der Waals surface area (Å²) in [5.41, 5.74) is 5.85. The van der Waals surface area contributed by atoms with Crippen molar-refractivity contribution in [3.8, 4) is 11.5 Å². The largest absolute Gasteiger partial charge is 0.493 e. The second-order valence-electron chi connectivity index (χ2n) is 5.30. The number of amides is 1. The highest BCUT2D eigenvalue weighted by molar-refractivity contribution is 5.95. The van der Waals surface area contributed by atoms with Gasteiger partial charge in [0.25, 0.3) is 5.91 Å². The lowest BCUT2D eigenvalue weighted by atomic mass is 9.88. The van der Waals surface area contributed by atoms with E-state index in [2.05, 4.69) is 5.32 Å². The Morgan fingerprint density at radius 1 is 1.29 bits per heavy atom. The molecule has 1 aromatic rings. The number of hydrogen-bond acceptors (Lipinski definition) is 4. The summed E-state index contributed by atoms with van der Waals surface area (Å²) in [6, 6.07) is 5.07. The Kier molecular flexibility index (Phi) is 7.53. The first-order chi connectivity index (χ1) is 9.37. The van der Waals surface area contributed by atoms with E-state index in [0.29, 0.717) is 23.6 Å². The molecule has 1 atom stereocenters. The summed E-state index contributed by atoms with van der Waals surface area (Å²) >= 11 is 0. The molecule has 0 heterocycles. The van der Waals surface area contributed by atoms with Crippen molar-refractivity contribution in [3.05, 3.63) is 23.8 Å². The van der Waals surface area contributed by atoms with Crippen LogP contribution < -0.4 is 20.5 Å². The van der Waals surface area contributed by atoms with Crippen LogP contribution in [0.5, 0.6) is 11.5 Å². The molecule has 3 N–H and O–H groups in total. The second kappa shape index (κ2) is 8.10. The molecule has 0 bridgehead atoms. The number of ether oxygens (including phenoxy) is 2. The van der Waals surface area contributed by atoms with Crippen molar-refractivity contribution >= 4 is 18.3 Å². The summed E-state index contributed by atoms with van der Waals surface area (Å²) in [5, 5.41) is 2.99. The summed E-state index contributed by atoms with van der Waals surface area (Å²) in [6.45, 7) is 6.38. The zero-order valence-corrected chi connectivity index (χ0v) is 14.0. The lowest BCUT2D eigenvalue weighted by molar-refractivity contribution is 0.0883. The molecule has 0 fully saturated rings. The molecular formula is C15H25ClN2O3. The van der Waals surface area contributed by atoms with E-state index in [9.17, 15) is 4.79 Å². The number of nitrogens with two attached hydrogens (primary N) is 1.